The van der Waals surface area contributed by atoms with Crippen molar-refractivity contribution in [1.29, 1.82) is 0 Å². The van der Waals surface area contributed by atoms with Crippen molar-refractivity contribution >= 4 is 32.6 Å². The van der Waals surface area contributed by atoms with Crippen LogP contribution in [-0.2, 0) is 0 Å². The molecule has 4 nitrogen and oxygen atoms in total. The first-order chi connectivity index (χ1) is 9.19. The highest BCUT2D eigenvalue weighted by Crippen LogP contribution is 2.18. The lowest BCUT2D eigenvalue weighted by atomic mass is 10.3. The average Bonchev–Trinajstić information content (AvgIpc) is 2.83. The van der Waals surface area contributed by atoms with Gasteiger partial charge in [0.2, 0.25) is 5.13 Å². The molecule has 1 heterocycles. The second kappa shape index (κ2) is 6.86. The van der Waals surface area contributed by atoms with E-state index < -0.39 is 0 Å². The maximum atomic E-state index is 5.72. The minimum Gasteiger partial charge on any atom is -0.492 e. The summed E-state index contributed by atoms with van der Waals surface area (Å²) in [5.41, 5.74) is 0. The summed E-state index contributed by atoms with van der Waals surface area (Å²) in [7, 11) is 0. The van der Waals surface area contributed by atoms with Crippen LogP contribution in [0, 0.1) is 6.92 Å². The SMILES string of the molecule is CCN(CCOc1ccc(Br)cc1)c1nc(C)ns1. The molecule has 6 heteroatoms. The lowest BCUT2D eigenvalue weighted by Gasteiger charge is -2.19. The van der Waals surface area contributed by atoms with Crippen LogP contribution in [-0.4, -0.2) is 29.1 Å². The van der Waals surface area contributed by atoms with Gasteiger partial charge in [0.25, 0.3) is 0 Å². The maximum absolute atomic E-state index is 5.72. The largest absolute Gasteiger partial charge is 0.492 e. The number of hydrogen-bond donors (Lipinski definition) is 0. The Hall–Kier alpha value is -1.14. The summed E-state index contributed by atoms with van der Waals surface area (Å²) >= 11 is 4.84. The van der Waals surface area contributed by atoms with E-state index >= 15 is 0 Å². The molecule has 0 spiro atoms. The molecule has 1 aromatic heterocycles. The number of ether oxygens (including phenoxy) is 1. The van der Waals surface area contributed by atoms with Crippen LogP contribution < -0.4 is 9.64 Å². The molecule has 2 rings (SSSR count). The summed E-state index contributed by atoms with van der Waals surface area (Å²) in [5, 5.41) is 0.958. The fourth-order valence-electron chi connectivity index (χ4n) is 1.61. The van der Waals surface area contributed by atoms with E-state index in [-0.39, 0.29) is 0 Å². The Morgan fingerprint density at radius 1 is 1.32 bits per heavy atom. The Bertz CT molecular complexity index is 515. The molecular weight excluding hydrogens is 326 g/mol. The molecule has 1 aromatic carbocycles. The predicted molar refractivity (Wildman–Crippen MR) is 82.2 cm³/mol. The Balaban J connectivity index is 1.85. The third kappa shape index (κ3) is 4.18. The van der Waals surface area contributed by atoms with Crippen molar-refractivity contribution < 1.29 is 4.74 Å². The van der Waals surface area contributed by atoms with Gasteiger partial charge >= 0.3 is 0 Å². The number of aryl methyl sites for hydroxylation is 1. The first-order valence-electron chi connectivity index (χ1n) is 6.12. The molecule has 2 aromatic rings. The van der Waals surface area contributed by atoms with Gasteiger partial charge in [0.15, 0.2) is 0 Å². The van der Waals surface area contributed by atoms with Crippen LogP contribution >= 0.6 is 27.5 Å². The molecule has 0 saturated heterocycles. The van der Waals surface area contributed by atoms with Gasteiger partial charge in [-0.2, -0.15) is 4.37 Å². The quantitative estimate of drug-likeness (QED) is 0.805. The van der Waals surface area contributed by atoms with Gasteiger partial charge in [-0.3, -0.25) is 0 Å². The van der Waals surface area contributed by atoms with Gasteiger partial charge in [-0.15, -0.1) is 0 Å². The predicted octanol–water partition coefficient (Wildman–Crippen LogP) is 3.51. The van der Waals surface area contributed by atoms with E-state index in [4.69, 9.17) is 4.74 Å². The van der Waals surface area contributed by atoms with Crippen molar-refractivity contribution in [2.75, 3.05) is 24.6 Å². The number of benzene rings is 1. The lowest BCUT2D eigenvalue weighted by molar-refractivity contribution is 0.324. The van der Waals surface area contributed by atoms with Gasteiger partial charge in [-0.25, -0.2) is 4.98 Å². The third-order valence-corrected chi connectivity index (χ3v) is 4.01. The van der Waals surface area contributed by atoms with E-state index in [9.17, 15) is 0 Å². The molecule has 0 unspecified atom stereocenters. The Morgan fingerprint density at radius 3 is 2.63 bits per heavy atom. The molecule has 0 aliphatic heterocycles. The maximum Gasteiger partial charge on any atom is 0.205 e. The summed E-state index contributed by atoms with van der Waals surface area (Å²) in [6.45, 7) is 6.36. The molecule has 0 aliphatic rings. The van der Waals surface area contributed by atoms with Crippen molar-refractivity contribution in [3.63, 3.8) is 0 Å². The zero-order valence-electron chi connectivity index (χ0n) is 11.0. The van der Waals surface area contributed by atoms with Crippen molar-refractivity contribution in [1.82, 2.24) is 9.36 Å². The van der Waals surface area contributed by atoms with Gasteiger partial charge < -0.3 is 9.64 Å². The van der Waals surface area contributed by atoms with Crippen LogP contribution in [0.2, 0.25) is 0 Å². The first-order valence-corrected chi connectivity index (χ1v) is 7.69. The number of rotatable bonds is 6. The zero-order valence-corrected chi connectivity index (χ0v) is 13.4. The molecule has 0 atom stereocenters. The standard InChI is InChI=1S/C13H16BrN3OS/c1-3-17(13-15-10(2)16-19-13)8-9-18-12-6-4-11(14)5-7-12/h4-7H,3,8-9H2,1-2H3. The monoisotopic (exact) mass is 341 g/mol. The number of likely N-dealkylation sites (N-methyl/N-ethyl adjacent to an activating group) is 1. The third-order valence-electron chi connectivity index (χ3n) is 2.61. The van der Waals surface area contributed by atoms with Crippen LogP contribution in [0.25, 0.3) is 0 Å². The molecular formula is C13H16BrN3OS. The second-order valence-corrected chi connectivity index (χ2v) is 5.65. The number of halogens is 1. The van der Waals surface area contributed by atoms with E-state index in [1.807, 2.05) is 31.2 Å². The second-order valence-electron chi connectivity index (χ2n) is 4.01. The van der Waals surface area contributed by atoms with E-state index in [1.54, 1.807) is 0 Å². The van der Waals surface area contributed by atoms with Crippen LogP contribution in [0.4, 0.5) is 5.13 Å². The smallest absolute Gasteiger partial charge is 0.205 e. The van der Waals surface area contributed by atoms with Gasteiger partial charge in [-0.05, 0) is 38.1 Å². The average molecular weight is 342 g/mol. The normalized spacial score (nSPS) is 10.5. The Kier molecular flexibility index (Phi) is 5.15. The Morgan fingerprint density at radius 2 is 2.05 bits per heavy atom. The first kappa shape index (κ1) is 14.3. The van der Waals surface area contributed by atoms with Crippen LogP contribution in [0.15, 0.2) is 28.7 Å². The van der Waals surface area contributed by atoms with Gasteiger partial charge in [0.1, 0.15) is 18.2 Å². The van der Waals surface area contributed by atoms with Crippen molar-refractivity contribution in [2.24, 2.45) is 0 Å². The minimum absolute atomic E-state index is 0.633. The highest BCUT2D eigenvalue weighted by molar-refractivity contribution is 9.10. The Labute approximate surface area is 125 Å². The fraction of sp³-hybridized carbons (Fsp3) is 0.385. The molecule has 0 amide bonds. The summed E-state index contributed by atoms with van der Waals surface area (Å²) in [5.74, 6) is 1.71. The minimum atomic E-state index is 0.633. The van der Waals surface area contributed by atoms with Crippen molar-refractivity contribution in [3.05, 3.63) is 34.6 Å². The summed E-state index contributed by atoms with van der Waals surface area (Å²) in [6, 6.07) is 7.85. The molecule has 0 bridgehead atoms. The number of hydrogen-bond acceptors (Lipinski definition) is 5. The highest BCUT2D eigenvalue weighted by atomic mass is 79.9. The van der Waals surface area contributed by atoms with Crippen molar-refractivity contribution in [3.8, 4) is 5.75 Å². The van der Waals surface area contributed by atoms with E-state index in [2.05, 4.69) is 37.1 Å². The van der Waals surface area contributed by atoms with E-state index in [1.165, 1.54) is 11.5 Å². The van der Waals surface area contributed by atoms with Crippen LogP contribution in [0.3, 0.4) is 0 Å². The topological polar surface area (TPSA) is 38.2 Å². The summed E-state index contributed by atoms with van der Waals surface area (Å²) in [6.07, 6.45) is 0. The van der Waals surface area contributed by atoms with E-state index in [0.717, 1.165) is 34.3 Å². The molecule has 19 heavy (non-hydrogen) atoms. The number of aromatic nitrogens is 2. The lowest BCUT2D eigenvalue weighted by Crippen LogP contribution is -2.27. The molecule has 0 fully saturated rings. The van der Waals surface area contributed by atoms with Crippen LogP contribution in [0.1, 0.15) is 12.7 Å². The summed E-state index contributed by atoms with van der Waals surface area (Å²) < 4.78 is 11.0. The molecule has 0 saturated carbocycles. The van der Waals surface area contributed by atoms with Gasteiger partial charge in [0.05, 0.1) is 6.54 Å². The summed E-state index contributed by atoms with van der Waals surface area (Å²) in [4.78, 5) is 6.56. The van der Waals surface area contributed by atoms with Crippen molar-refractivity contribution in [2.45, 2.75) is 13.8 Å². The van der Waals surface area contributed by atoms with Gasteiger partial charge in [0, 0.05) is 22.5 Å². The highest BCUT2D eigenvalue weighted by Gasteiger charge is 2.09. The van der Waals surface area contributed by atoms with Gasteiger partial charge in [-0.1, -0.05) is 15.9 Å². The van der Waals surface area contributed by atoms with E-state index in [0.29, 0.717) is 6.61 Å². The zero-order chi connectivity index (χ0) is 13.7. The fourth-order valence-corrected chi connectivity index (χ4v) is 2.64. The number of nitrogens with zero attached hydrogens (tertiary/aromatic N) is 3. The molecule has 102 valence electrons. The molecule has 0 aliphatic carbocycles. The molecule has 0 radical (unpaired) electrons. The molecule has 0 N–H and O–H groups in total. The number of anilines is 1. The van der Waals surface area contributed by atoms with Crippen LogP contribution in [0.5, 0.6) is 5.75 Å².